The van der Waals surface area contributed by atoms with E-state index in [1.807, 2.05) is 0 Å². The van der Waals surface area contributed by atoms with Crippen LogP contribution >= 0.6 is 0 Å². The fourth-order valence-corrected chi connectivity index (χ4v) is 3.82. The number of anilines is 1. The predicted molar refractivity (Wildman–Crippen MR) is 106 cm³/mol. The molecule has 2 aliphatic rings. The molecule has 0 N–H and O–H groups in total. The third-order valence-electron chi connectivity index (χ3n) is 5.48. The number of ether oxygens (including phenoxy) is 2. The molecule has 13 heteroatoms. The summed E-state index contributed by atoms with van der Waals surface area (Å²) in [5.41, 5.74) is 1.14. The summed E-state index contributed by atoms with van der Waals surface area (Å²) in [7, 11) is 0. The van der Waals surface area contributed by atoms with E-state index in [9.17, 15) is 37.7 Å². The Bertz CT molecular complexity index is 930. The smallest absolute Gasteiger partial charge is 0.422 e. The number of fused-ring (bicyclic) bond motifs is 1. The van der Waals surface area contributed by atoms with Gasteiger partial charge in [0.25, 0.3) is 11.6 Å². The molecule has 3 rings (SSSR count). The van der Waals surface area contributed by atoms with E-state index in [1.165, 1.54) is 23.1 Å². The van der Waals surface area contributed by atoms with Gasteiger partial charge in [-0.1, -0.05) is 0 Å². The summed E-state index contributed by atoms with van der Waals surface area (Å²) >= 11 is 0. The van der Waals surface area contributed by atoms with Crippen molar-refractivity contribution in [2.75, 3.05) is 37.7 Å². The number of carbonyl (C=O) groups excluding carboxylic acids is 3. The molecule has 0 bridgehead atoms. The quantitative estimate of drug-likeness (QED) is 0.366. The zero-order valence-electron chi connectivity index (χ0n) is 17.5. The van der Waals surface area contributed by atoms with E-state index in [1.54, 1.807) is 0 Å². The number of likely N-dealkylation sites (tertiary alicyclic amines) is 1. The Hall–Kier alpha value is -3.38. The maximum absolute atomic E-state index is 12.6. The number of carbonyl (C=O) groups is 3. The first kappa shape index (κ1) is 24.3. The lowest BCUT2D eigenvalue weighted by atomic mass is 9.97. The number of piperidine rings is 1. The van der Waals surface area contributed by atoms with Crippen molar-refractivity contribution in [1.82, 2.24) is 4.90 Å². The average Bonchev–Trinajstić information content (AvgIpc) is 2.79. The second kappa shape index (κ2) is 10.0. The molecule has 1 aromatic carbocycles. The van der Waals surface area contributed by atoms with Gasteiger partial charge in [0.2, 0.25) is 0 Å². The highest BCUT2D eigenvalue weighted by atomic mass is 19.4. The van der Waals surface area contributed by atoms with Crippen molar-refractivity contribution in [1.29, 1.82) is 0 Å². The van der Waals surface area contributed by atoms with Gasteiger partial charge in [-0.3, -0.25) is 19.7 Å². The minimum absolute atomic E-state index is 0.0304. The predicted octanol–water partition coefficient (Wildman–Crippen LogP) is 2.83. The van der Waals surface area contributed by atoms with Gasteiger partial charge in [0, 0.05) is 37.5 Å². The van der Waals surface area contributed by atoms with Crippen LogP contribution in [0.1, 0.15) is 24.8 Å². The summed E-state index contributed by atoms with van der Waals surface area (Å²) < 4.78 is 45.8. The summed E-state index contributed by atoms with van der Waals surface area (Å²) in [5, 5.41) is 11.0. The Morgan fingerprint density at radius 3 is 2.45 bits per heavy atom. The SMILES string of the molecule is O=C(OCC(=O)N1CCCc2cc([N+](=O)[O-])ccc21)C1CCN(C(=O)OCC(F)(F)F)CC1. The molecular weight excluding hydrogens is 451 g/mol. The van der Waals surface area contributed by atoms with Crippen molar-refractivity contribution in [3.8, 4) is 0 Å². The molecule has 0 saturated carbocycles. The van der Waals surface area contributed by atoms with Crippen molar-refractivity contribution in [2.24, 2.45) is 5.92 Å². The topological polar surface area (TPSA) is 119 Å². The van der Waals surface area contributed by atoms with E-state index in [0.717, 1.165) is 4.90 Å². The normalized spacial score (nSPS) is 16.7. The largest absolute Gasteiger partial charge is 0.455 e. The minimum Gasteiger partial charge on any atom is -0.455 e. The average molecular weight is 473 g/mol. The molecule has 2 amide bonds. The van der Waals surface area contributed by atoms with Gasteiger partial charge in [-0.25, -0.2) is 4.79 Å². The number of benzene rings is 1. The van der Waals surface area contributed by atoms with Crippen LogP contribution in [0.25, 0.3) is 0 Å². The van der Waals surface area contributed by atoms with Gasteiger partial charge >= 0.3 is 18.2 Å². The molecule has 1 aromatic rings. The van der Waals surface area contributed by atoms with Crippen LogP contribution in [0.15, 0.2) is 18.2 Å². The lowest BCUT2D eigenvalue weighted by Gasteiger charge is -2.31. The molecule has 0 aromatic heterocycles. The number of amides is 2. The van der Waals surface area contributed by atoms with E-state index < -0.39 is 48.2 Å². The number of nitro groups is 1. The number of non-ortho nitro benzene ring substituents is 1. The molecule has 33 heavy (non-hydrogen) atoms. The van der Waals surface area contributed by atoms with Crippen molar-refractivity contribution in [2.45, 2.75) is 31.9 Å². The lowest BCUT2D eigenvalue weighted by molar-refractivity contribution is -0.384. The maximum Gasteiger partial charge on any atom is 0.422 e. The van der Waals surface area contributed by atoms with Gasteiger partial charge in [-0.2, -0.15) is 13.2 Å². The van der Waals surface area contributed by atoms with Crippen LogP contribution in [-0.4, -0.2) is 66.8 Å². The summed E-state index contributed by atoms with van der Waals surface area (Å²) in [4.78, 5) is 49.6. The molecule has 2 aliphatic heterocycles. The number of halogens is 3. The third-order valence-corrected chi connectivity index (χ3v) is 5.48. The molecule has 1 saturated heterocycles. The van der Waals surface area contributed by atoms with E-state index in [2.05, 4.69) is 4.74 Å². The highest BCUT2D eigenvalue weighted by Crippen LogP contribution is 2.30. The molecule has 1 fully saturated rings. The number of alkyl halides is 3. The van der Waals surface area contributed by atoms with E-state index in [0.29, 0.717) is 30.6 Å². The maximum atomic E-state index is 12.6. The number of rotatable bonds is 5. The number of esters is 1. The fraction of sp³-hybridized carbons (Fsp3) is 0.550. The van der Waals surface area contributed by atoms with Crippen LogP contribution in [-0.2, 0) is 25.5 Å². The highest BCUT2D eigenvalue weighted by Gasteiger charge is 2.34. The molecule has 2 heterocycles. The van der Waals surface area contributed by atoms with Crippen molar-refractivity contribution in [3.05, 3.63) is 33.9 Å². The van der Waals surface area contributed by atoms with Crippen molar-refractivity contribution in [3.63, 3.8) is 0 Å². The third kappa shape index (κ3) is 6.33. The zero-order valence-corrected chi connectivity index (χ0v) is 17.5. The summed E-state index contributed by atoms with van der Waals surface area (Å²) in [5.74, 6) is -1.69. The molecule has 0 radical (unpaired) electrons. The van der Waals surface area contributed by atoms with Gasteiger partial charge in [0.05, 0.1) is 10.8 Å². The van der Waals surface area contributed by atoms with Crippen LogP contribution < -0.4 is 4.90 Å². The van der Waals surface area contributed by atoms with E-state index >= 15 is 0 Å². The zero-order chi connectivity index (χ0) is 24.2. The van der Waals surface area contributed by atoms with Crippen LogP contribution in [0, 0.1) is 16.0 Å². The summed E-state index contributed by atoms with van der Waals surface area (Å²) in [6, 6.07) is 4.23. The Kier molecular flexibility index (Phi) is 7.39. The monoisotopic (exact) mass is 473 g/mol. The summed E-state index contributed by atoms with van der Waals surface area (Å²) in [6.45, 7) is -1.74. The highest BCUT2D eigenvalue weighted by molar-refractivity contribution is 5.96. The number of hydrogen-bond donors (Lipinski definition) is 0. The second-order valence-corrected chi connectivity index (χ2v) is 7.76. The number of nitrogens with zero attached hydrogens (tertiary/aromatic N) is 3. The molecule has 10 nitrogen and oxygen atoms in total. The van der Waals surface area contributed by atoms with Crippen molar-refractivity contribution < 1.29 is 42.0 Å². The Balaban J connectivity index is 1.48. The van der Waals surface area contributed by atoms with E-state index in [4.69, 9.17) is 4.74 Å². The van der Waals surface area contributed by atoms with Crippen LogP contribution in [0.3, 0.4) is 0 Å². The van der Waals surface area contributed by atoms with Crippen LogP contribution in [0.5, 0.6) is 0 Å². The molecule has 0 aliphatic carbocycles. The van der Waals surface area contributed by atoms with Crippen molar-refractivity contribution >= 4 is 29.3 Å². The van der Waals surface area contributed by atoms with Gasteiger partial charge in [0.15, 0.2) is 13.2 Å². The first-order chi connectivity index (χ1) is 15.5. The molecular formula is C20H22F3N3O7. The molecule has 180 valence electrons. The Morgan fingerprint density at radius 2 is 1.82 bits per heavy atom. The fourth-order valence-electron chi connectivity index (χ4n) is 3.82. The summed E-state index contributed by atoms with van der Waals surface area (Å²) in [6.07, 6.45) is -4.18. The van der Waals surface area contributed by atoms with Gasteiger partial charge < -0.3 is 19.3 Å². The van der Waals surface area contributed by atoms with Gasteiger partial charge in [-0.15, -0.1) is 0 Å². The number of hydrogen-bond acceptors (Lipinski definition) is 7. The van der Waals surface area contributed by atoms with Gasteiger partial charge in [-0.05, 0) is 37.3 Å². The first-order valence-electron chi connectivity index (χ1n) is 10.3. The van der Waals surface area contributed by atoms with E-state index in [-0.39, 0.29) is 31.6 Å². The molecule has 0 spiro atoms. The number of nitro benzene ring substituents is 1. The first-order valence-corrected chi connectivity index (χ1v) is 10.3. The minimum atomic E-state index is -4.62. The Labute approximate surface area is 186 Å². The van der Waals surface area contributed by atoms with Crippen LogP contribution in [0.2, 0.25) is 0 Å². The molecule has 0 unspecified atom stereocenters. The Morgan fingerprint density at radius 1 is 1.12 bits per heavy atom. The van der Waals surface area contributed by atoms with Gasteiger partial charge in [0.1, 0.15) is 0 Å². The van der Waals surface area contributed by atoms with Crippen LogP contribution in [0.4, 0.5) is 29.3 Å². The lowest BCUT2D eigenvalue weighted by Crippen LogP contribution is -2.42. The number of aryl methyl sites for hydroxylation is 1. The molecule has 0 atom stereocenters. The standard InChI is InChI=1S/C20H22F3N3O7/c21-20(22,23)12-33-19(29)24-8-5-13(6-9-24)18(28)32-11-17(27)25-7-1-2-14-10-15(26(30)31)3-4-16(14)25/h3-4,10,13H,1-2,5-9,11-12H2. The second-order valence-electron chi connectivity index (χ2n) is 7.76.